The van der Waals surface area contributed by atoms with E-state index in [2.05, 4.69) is 0 Å². The predicted molar refractivity (Wildman–Crippen MR) is 134 cm³/mol. The molecule has 2 amide bonds. The maximum absolute atomic E-state index is 13.4. The van der Waals surface area contributed by atoms with Gasteiger partial charge in [-0.05, 0) is 47.7 Å². The molecule has 1 aliphatic heterocycles. The van der Waals surface area contributed by atoms with Crippen LogP contribution in [0.2, 0.25) is 5.02 Å². The first kappa shape index (κ1) is 24.7. The van der Waals surface area contributed by atoms with Crippen LogP contribution in [0.5, 0.6) is 0 Å². The van der Waals surface area contributed by atoms with Gasteiger partial charge in [-0.25, -0.2) is 12.7 Å². The summed E-state index contributed by atoms with van der Waals surface area (Å²) in [6, 6.07) is 13.1. The molecule has 2 heterocycles. The Balaban J connectivity index is 1.73. The highest BCUT2D eigenvalue weighted by Gasteiger charge is 2.40. The van der Waals surface area contributed by atoms with Crippen LogP contribution >= 0.6 is 11.6 Å². The third-order valence-corrected chi connectivity index (χ3v) is 6.97. The van der Waals surface area contributed by atoms with Crippen molar-refractivity contribution in [2.45, 2.75) is 32.6 Å². The molecule has 182 valence electrons. The lowest BCUT2D eigenvalue weighted by Gasteiger charge is -2.23. The number of imide groups is 1. The summed E-state index contributed by atoms with van der Waals surface area (Å²) in [5.74, 6) is -1.24. The number of hydrogen-bond acceptors (Lipinski definition) is 5. The van der Waals surface area contributed by atoms with Gasteiger partial charge in [0.1, 0.15) is 0 Å². The fraction of sp³-hybridized carbons (Fsp3) is 0.240. The summed E-state index contributed by atoms with van der Waals surface area (Å²) < 4.78 is 26.4. The van der Waals surface area contributed by atoms with E-state index in [9.17, 15) is 23.2 Å². The lowest BCUT2D eigenvalue weighted by atomic mass is 9.87. The van der Waals surface area contributed by atoms with Gasteiger partial charge in [-0.15, -0.1) is 0 Å². The molecule has 3 aromatic rings. The molecule has 0 spiro atoms. The van der Waals surface area contributed by atoms with Crippen molar-refractivity contribution in [1.29, 1.82) is 0 Å². The maximum atomic E-state index is 13.4. The summed E-state index contributed by atoms with van der Waals surface area (Å²) in [5, 5.41) is 11.6. The number of anilines is 2. The molecule has 8 nitrogen and oxygen atoms in total. The number of fused-ring (bicyclic) bond motifs is 1. The smallest absolute Gasteiger partial charge is 0.263 e. The average Bonchev–Trinajstić information content (AvgIpc) is 3.04. The van der Waals surface area contributed by atoms with Gasteiger partial charge in [0.2, 0.25) is 10.9 Å². The maximum Gasteiger partial charge on any atom is 0.263 e. The van der Waals surface area contributed by atoms with Crippen LogP contribution in [0.25, 0.3) is 0 Å². The van der Waals surface area contributed by atoms with E-state index in [0.717, 1.165) is 14.8 Å². The van der Waals surface area contributed by atoms with Crippen LogP contribution in [0.1, 0.15) is 52.6 Å². The molecule has 1 aromatic heterocycles. The molecule has 4 rings (SSSR count). The summed E-state index contributed by atoms with van der Waals surface area (Å²) in [6.07, 6.45) is 2.96. The van der Waals surface area contributed by atoms with E-state index < -0.39 is 22.7 Å². The van der Waals surface area contributed by atoms with E-state index in [1.54, 1.807) is 24.3 Å². The first-order chi connectivity index (χ1) is 16.5. The van der Waals surface area contributed by atoms with Crippen LogP contribution < -0.4 is 9.04 Å². The Kier molecular flexibility index (Phi) is 6.57. The Labute approximate surface area is 210 Å². The quantitative estimate of drug-likeness (QED) is 0.234. The van der Waals surface area contributed by atoms with Gasteiger partial charge in [0.25, 0.3) is 11.8 Å². The molecule has 35 heavy (non-hydrogen) atoms. The van der Waals surface area contributed by atoms with Crippen LogP contribution in [-0.4, -0.2) is 31.7 Å². The molecule has 0 saturated carbocycles. The zero-order chi connectivity index (χ0) is 25.5. The fourth-order valence-corrected chi connectivity index (χ4v) is 4.95. The highest BCUT2D eigenvalue weighted by atomic mass is 35.5. The Bertz CT molecular complexity index is 1390. The van der Waals surface area contributed by atoms with E-state index in [1.165, 1.54) is 24.5 Å². The monoisotopic (exact) mass is 513 g/mol. The van der Waals surface area contributed by atoms with Gasteiger partial charge < -0.3 is 5.21 Å². The van der Waals surface area contributed by atoms with Crippen LogP contribution in [0.15, 0.2) is 60.9 Å². The normalized spacial score (nSPS) is 13.5. The number of hydrogen-bond donors (Lipinski definition) is 1. The minimum atomic E-state index is -3.19. The lowest BCUT2D eigenvalue weighted by molar-refractivity contribution is -0.605. The number of nitrogens with zero attached hydrogens (tertiary/aromatic N) is 3. The van der Waals surface area contributed by atoms with Crippen molar-refractivity contribution in [2.24, 2.45) is 0 Å². The predicted octanol–water partition coefficient (Wildman–Crippen LogP) is 3.77. The molecule has 0 saturated heterocycles. The molecule has 1 aliphatic rings. The number of carbonyl (C=O) groups excluding carboxylic acids is 2. The summed E-state index contributed by atoms with van der Waals surface area (Å²) in [7, 11) is -3.19. The van der Waals surface area contributed by atoms with Crippen molar-refractivity contribution in [2.75, 3.05) is 10.8 Å². The standard InChI is InChI=1S/C25H24ClN3O5S/c1-25(2,3)17-6-8-18(9-7-17)29(35(33)34)20-11-10-19(26)21-22(20)24(31)28(23(21)30)14-12-16-5-4-13-27(32)15-16/h4-11,13,15,35H,12,14H2,1-3H3. The fourth-order valence-electron chi connectivity index (χ4n) is 4.05. The Morgan fingerprint density at radius 3 is 2.26 bits per heavy atom. The van der Waals surface area contributed by atoms with Gasteiger partial charge >= 0.3 is 0 Å². The number of rotatable bonds is 6. The second-order valence-corrected chi connectivity index (χ2v) is 10.5. The van der Waals surface area contributed by atoms with Crippen molar-refractivity contribution >= 4 is 45.7 Å². The zero-order valence-corrected chi connectivity index (χ0v) is 21.0. The number of benzene rings is 2. The van der Waals surface area contributed by atoms with E-state index in [4.69, 9.17) is 11.6 Å². The Morgan fingerprint density at radius 1 is 1.00 bits per heavy atom. The van der Waals surface area contributed by atoms with Crippen molar-refractivity contribution in [3.63, 3.8) is 0 Å². The van der Waals surface area contributed by atoms with E-state index >= 15 is 0 Å². The molecule has 0 aliphatic carbocycles. The van der Waals surface area contributed by atoms with E-state index in [1.807, 2.05) is 32.9 Å². The number of carbonyl (C=O) groups is 2. The zero-order valence-electron chi connectivity index (χ0n) is 19.4. The molecule has 0 bridgehead atoms. The third kappa shape index (κ3) is 4.74. The van der Waals surface area contributed by atoms with E-state index in [0.29, 0.717) is 16.0 Å². The van der Waals surface area contributed by atoms with Crippen LogP contribution in [-0.2, 0) is 22.7 Å². The number of halogens is 1. The first-order valence-corrected chi connectivity index (χ1v) is 12.4. The van der Waals surface area contributed by atoms with Crippen LogP contribution in [0.3, 0.4) is 0 Å². The molecular formula is C25H24ClN3O5S. The van der Waals surface area contributed by atoms with Crippen LogP contribution in [0, 0.1) is 5.21 Å². The number of thiol groups is 1. The van der Waals surface area contributed by atoms with Crippen molar-refractivity contribution in [1.82, 2.24) is 4.90 Å². The summed E-state index contributed by atoms with van der Waals surface area (Å²) in [5.41, 5.74) is 1.83. The molecule has 0 unspecified atom stereocenters. The second kappa shape index (κ2) is 9.31. The number of aromatic nitrogens is 1. The van der Waals surface area contributed by atoms with Crippen LogP contribution in [0.4, 0.5) is 11.4 Å². The number of amides is 2. The van der Waals surface area contributed by atoms with Crippen molar-refractivity contribution < 1.29 is 22.7 Å². The van der Waals surface area contributed by atoms with E-state index in [-0.39, 0.29) is 40.2 Å². The van der Waals surface area contributed by atoms with Gasteiger partial charge in [-0.1, -0.05) is 44.5 Å². The van der Waals surface area contributed by atoms with Gasteiger partial charge in [0.15, 0.2) is 12.4 Å². The summed E-state index contributed by atoms with van der Waals surface area (Å²) in [6.45, 7) is 6.15. The molecular weight excluding hydrogens is 490 g/mol. The molecule has 0 radical (unpaired) electrons. The van der Waals surface area contributed by atoms with Crippen molar-refractivity contribution in [3.05, 3.63) is 93.4 Å². The van der Waals surface area contributed by atoms with Gasteiger partial charge in [-0.2, -0.15) is 4.73 Å². The lowest BCUT2D eigenvalue weighted by Crippen LogP contribution is -2.33. The SMILES string of the molecule is CC(C)(C)c1ccc(N(c2ccc(Cl)c3c2C(=O)N(CCc2ccc[n+]([O-])c2)C3=O)[SH](=O)=O)cc1. The van der Waals surface area contributed by atoms with Gasteiger partial charge in [0.05, 0.1) is 27.5 Å². The third-order valence-electron chi connectivity index (χ3n) is 5.88. The highest BCUT2D eigenvalue weighted by molar-refractivity contribution is 7.74. The Morgan fingerprint density at radius 2 is 1.66 bits per heavy atom. The second-order valence-electron chi connectivity index (χ2n) is 9.25. The largest absolute Gasteiger partial charge is 0.619 e. The molecule has 2 aromatic carbocycles. The molecule has 0 atom stereocenters. The molecule has 0 fully saturated rings. The highest BCUT2D eigenvalue weighted by Crippen LogP contribution is 2.39. The van der Waals surface area contributed by atoms with Gasteiger partial charge in [-0.3, -0.25) is 14.5 Å². The minimum Gasteiger partial charge on any atom is -0.619 e. The van der Waals surface area contributed by atoms with Gasteiger partial charge in [0, 0.05) is 18.2 Å². The number of pyridine rings is 1. The molecule has 0 N–H and O–H groups in total. The Hall–Kier alpha value is -3.43. The summed E-state index contributed by atoms with van der Waals surface area (Å²) in [4.78, 5) is 27.5. The summed E-state index contributed by atoms with van der Waals surface area (Å²) >= 11 is 6.29. The first-order valence-electron chi connectivity index (χ1n) is 10.9. The minimum absolute atomic E-state index is 0.00984. The molecule has 10 heteroatoms. The average molecular weight is 514 g/mol. The topological polar surface area (TPSA) is 102 Å². The van der Waals surface area contributed by atoms with Crippen molar-refractivity contribution in [3.8, 4) is 0 Å².